The Morgan fingerprint density at radius 1 is 1.59 bits per heavy atom. The van der Waals surface area contributed by atoms with E-state index in [1.165, 1.54) is 0 Å². The third-order valence-corrected chi connectivity index (χ3v) is 3.34. The van der Waals surface area contributed by atoms with Crippen LogP contribution in [0.5, 0.6) is 0 Å². The summed E-state index contributed by atoms with van der Waals surface area (Å²) in [6, 6.07) is 1.84. The van der Waals surface area contributed by atoms with Crippen LogP contribution in [0.2, 0.25) is 0 Å². The molecule has 0 saturated heterocycles. The number of furan rings is 1. The molecule has 1 fully saturated rings. The highest BCUT2D eigenvalue weighted by Crippen LogP contribution is 2.34. The van der Waals surface area contributed by atoms with Gasteiger partial charge in [0.15, 0.2) is 5.76 Å². The lowest BCUT2D eigenvalue weighted by molar-refractivity contribution is 0.0895. The van der Waals surface area contributed by atoms with Gasteiger partial charge in [0.2, 0.25) is 0 Å². The van der Waals surface area contributed by atoms with Gasteiger partial charge in [-0.25, -0.2) is 0 Å². The maximum absolute atomic E-state index is 11.9. The Balaban J connectivity index is 1.99. The Labute approximate surface area is 101 Å². The van der Waals surface area contributed by atoms with E-state index in [9.17, 15) is 4.79 Å². The van der Waals surface area contributed by atoms with Gasteiger partial charge in [-0.3, -0.25) is 4.79 Å². The first-order valence-corrected chi connectivity index (χ1v) is 6.10. The van der Waals surface area contributed by atoms with E-state index in [4.69, 9.17) is 9.52 Å². The summed E-state index contributed by atoms with van der Waals surface area (Å²) in [6.07, 6.45) is 2.90. The number of amides is 1. The molecule has 17 heavy (non-hydrogen) atoms. The summed E-state index contributed by atoms with van der Waals surface area (Å²) in [4.78, 5) is 11.9. The molecule has 4 nitrogen and oxygen atoms in total. The maximum atomic E-state index is 11.9. The molecule has 1 amide bonds. The first-order chi connectivity index (χ1) is 8.11. The molecule has 1 aliphatic rings. The third-order valence-electron chi connectivity index (χ3n) is 3.34. The van der Waals surface area contributed by atoms with Gasteiger partial charge in [-0.2, -0.15) is 0 Å². The molecule has 0 aromatic carbocycles. The number of carbonyl (C=O) groups is 1. The number of hydrogen-bond donors (Lipinski definition) is 2. The lowest BCUT2D eigenvalue weighted by atomic mass is 10.1. The Kier molecular flexibility index (Phi) is 3.52. The zero-order valence-electron chi connectivity index (χ0n) is 10.3. The fourth-order valence-corrected chi connectivity index (χ4v) is 1.99. The van der Waals surface area contributed by atoms with Gasteiger partial charge in [0, 0.05) is 12.6 Å². The molecule has 0 aliphatic heterocycles. The van der Waals surface area contributed by atoms with Gasteiger partial charge in [-0.05, 0) is 50.7 Å². The molecule has 0 radical (unpaired) electrons. The van der Waals surface area contributed by atoms with Gasteiger partial charge >= 0.3 is 0 Å². The Morgan fingerprint density at radius 2 is 2.29 bits per heavy atom. The van der Waals surface area contributed by atoms with E-state index in [-0.39, 0.29) is 18.6 Å². The summed E-state index contributed by atoms with van der Waals surface area (Å²) in [6.45, 7) is 3.87. The molecule has 2 N–H and O–H groups in total. The van der Waals surface area contributed by atoms with Crippen molar-refractivity contribution in [2.45, 2.75) is 39.2 Å². The zero-order chi connectivity index (χ0) is 12.4. The molecule has 1 unspecified atom stereocenters. The van der Waals surface area contributed by atoms with Crippen molar-refractivity contribution in [3.05, 3.63) is 23.2 Å². The van der Waals surface area contributed by atoms with Crippen LogP contribution in [-0.4, -0.2) is 23.7 Å². The second-order valence-electron chi connectivity index (χ2n) is 4.78. The number of aliphatic hydroxyl groups is 1. The van der Waals surface area contributed by atoms with Crippen molar-refractivity contribution in [1.29, 1.82) is 0 Å². The standard InChI is InChI=1S/C13H19NO3/c1-8-7-12(17-9(8)2)13(16)14-11(5-6-15)10-3-4-10/h7,10-11,15H,3-6H2,1-2H3,(H,14,16). The molecule has 1 aromatic heterocycles. The van der Waals surface area contributed by atoms with Gasteiger partial charge in [-0.15, -0.1) is 0 Å². The SMILES string of the molecule is Cc1cc(C(=O)NC(CCO)C2CC2)oc1C. The molecule has 2 rings (SSSR count). The predicted molar refractivity (Wildman–Crippen MR) is 63.9 cm³/mol. The molecule has 4 heteroatoms. The highest BCUT2D eigenvalue weighted by Gasteiger charge is 2.32. The van der Waals surface area contributed by atoms with Crippen molar-refractivity contribution in [3.8, 4) is 0 Å². The highest BCUT2D eigenvalue weighted by molar-refractivity contribution is 5.92. The zero-order valence-corrected chi connectivity index (χ0v) is 10.3. The lowest BCUT2D eigenvalue weighted by Crippen LogP contribution is -2.36. The second kappa shape index (κ2) is 4.92. The monoisotopic (exact) mass is 237 g/mol. The van der Waals surface area contributed by atoms with E-state index in [1.54, 1.807) is 6.07 Å². The molecule has 1 saturated carbocycles. The Morgan fingerprint density at radius 3 is 2.76 bits per heavy atom. The predicted octanol–water partition coefficient (Wildman–Crippen LogP) is 1.79. The topological polar surface area (TPSA) is 62.5 Å². The van der Waals surface area contributed by atoms with Crippen molar-refractivity contribution in [3.63, 3.8) is 0 Å². The average molecular weight is 237 g/mol. The fourth-order valence-electron chi connectivity index (χ4n) is 1.99. The Bertz CT molecular complexity index is 387. The summed E-state index contributed by atoms with van der Waals surface area (Å²) in [5.74, 6) is 1.50. The van der Waals surface area contributed by atoms with E-state index >= 15 is 0 Å². The minimum absolute atomic E-state index is 0.0817. The normalized spacial score (nSPS) is 16.9. The van der Waals surface area contributed by atoms with E-state index < -0.39 is 0 Å². The second-order valence-corrected chi connectivity index (χ2v) is 4.78. The lowest BCUT2D eigenvalue weighted by Gasteiger charge is -2.15. The largest absolute Gasteiger partial charge is 0.456 e. The number of rotatable bonds is 5. The number of aliphatic hydroxyl groups excluding tert-OH is 1. The van der Waals surface area contributed by atoms with Crippen LogP contribution in [0.3, 0.4) is 0 Å². The molecule has 1 aromatic rings. The quantitative estimate of drug-likeness (QED) is 0.820. The summed E-state index contributed by atoms with van der Waals surface area (Å²) >= 11 is 0. The number of nitrogens with one attached hydrogen (secondary N) is 1. The van der Waals surface area contributed by atoms with Crippen LogP contribution in [0, 0.1) is 19.8 Å². The van der Waals surface area contributed by atoms with Gasteiger partial charge in [-0.1, -0.05) is 0 Å². The van der Waals surface area contributed by atoms with Crippen molar-refractivity contribution in [1.82, 2.24) is 5.32 Å². The van der Waals surface area contributed by atoms with Crippen molar-refractivity contribution in [2.75, 3.05) is 6.61 Å². The van der Waals surface area contributed by atoms with Gasteiger partial charge in [0.05, 0.1) is 0 Å². The number of hydrogen-bond acceptors (Lipinski definition) is 3. The summed E-state index contributed by atoms with van der Waals surface area (Å²) in [5.41, 5.74) is 0.986. The third kappa shape index (κ3) is 2.88. The first kappa shape index (κ1) is 12.2. The minimum atomic E-state index is -0.174. The van der Waals surface area contributed by atoms with Crippen LogP contribution in [-0.2, 0) is 0 Å². The molecule has 0 bridgehead atoms. The molecule has 94 valence electrons. The van der Waals surface area contributed by atoms with Gasteiger partial charge in [0.1, 0.15) is 5.76 Å². The van der Waals surface area contributed by atoms with Crippen LogP contribution in [0.4, 0.5) is 0 Å². The van der Waals surface area contributed by atoms with Crippen LogP contribution >= 0.6 is 0 Å². The summed E-state index contributed by atoms with van der Waals surface area (Å²) < 4.78 is 5.38. The van der Waals surface area contributed by atoms with Gasteiger partial charge < -0.3 is 14.8 Å². The van der Waals surface area contributed by atoms with E-state index in [2.05, 4.69) is 5.32 Å². The number of aryl methyl sites for hydroxylation is 2. The molecule has 1 heterocycles. The average Bonchev–Trinajstić information content (AvgIpc) is 3.06. The van der Waals surface area contributed by atoms with Crippen molar-refractivity contribution in [2.24, 2.45) is 5.92 Å². The van der Waals surface area contributed by atoms with Crippen molar-refractivity contribution < 1.29 is 14.3 Å². The van der Waals surface area contributed by atoms with Crippen LogP contribution in [0.1, 0.15) is 41.1 Å². The minimum Gasteiger partial charge on any atom is -0.456 e. The van der Waals surface area contributed by atoms with Crippen LogP contribution in [0.25, 0.3) is 0 Å². The van der Waals surface area contributed by atoms with Crippen molar-refractivity contribution >= 4 is 5.91 Å². The maximum Gasteiger partial charge on any atom is 0.287 e. The Hall–Kier alpha value is -1.29. The smallest absolute Gasteiger partial charge is 0.287 e. The van der Waals surface area contributed by atoms with Crippen LogP contribution in [0.15, 0.2) is 10.5 Å². The molecular formula is C13H19NO3. The van der Waals surface area contributed by atoms with Gasteiger partial charge in [0.25, 0.3) is 5.91 Å². The van der Waals surface area contributed by atoms with E-state index in [0.29, 0.717) is 18.1 Å². The van der Waals surface area contributed by atoms with E-state index in [1.807, 2.05) is 13.8 Å². The summed E-state index contributed by atoms with van der Waals surface area (Å²) in [7, 11) is 0. The summed E-state index contributed by atoms with van der Waals surface area (Å²) in [5, 5.41) is 11.9. The van der Waals surface area contributed by atoms with E-state index in [0.717, 1.165) is 24.2 Å². The molecule has 1 aliphatic carbocycles. The molecular weight excluding hydrogens is 218 g/mol. The van der Waals surface area contributed by atoms with Crippen LogP contribution < -0.4 is 5.32 Å². The molecule has 1 atom stereocenters. The first-order valence-electron chi connectivity index (χ1n) is 6.10. The fraction of sp³-hybridized carbons (Fsp3) is 0.615. The number of carbonyl (C=O) groups excluding carboxylic acids is 1. The molecule has 0 spiro atoms. The highest BCUT2D eigenvalue weighted by atomic mass is 16.3.